The largest absolute Gasteiger partial charge is 0.206 e. The summed E-state index contributed by atoms with van der Waals surface area (Å²) in [5.41, 5.74) is 5.10. The number of rotatable bonds is 3. The van der Waals surface area contributed by atoms with E-state index in [2.05, 4.69) is 19.1 Å². The lowest BCUT2D eigenvalue weighted by atomic mass is 9.97. The number of benzene rings is 3. The molecule has 0 saturated heterocycles. The maximum absolute atomic E-state index is 15.2. The van der Waals surface area contributed by atoms with E-state index >= 15 is 4.39 Å². The van der Waals surface area contributed by atoms with Crippen molar-refractivity contribution in [2.45, 2.75) is 26.2 Å². The molecule has 0 saturated carbocycles. The van der Waals surface area contributed by atoms with Gasteiger partial charge in [-0.3, -0.25) is 0 Å². The summed E-state index contributed by atoms with van der Waals surface area (Å²) in [4.78, 5) is 0. The zero-order chi connectivity index (χ0) is 18.4. The van der Waals surface area contributed by atoms with E-state index in [0.29, 0.717) is 12.0 Å². The van der Waals surface area contributed by atoms with Crippen molar-refractivity contribution in [2.75, 3.05) is 0 Å². The van der Waals surface area contributed by atoms with Gasteiger partial charge in [-0.2, -0.15) is 0 Å². The highest BCUT2D eigenvalue weighted by Gasteiger charge is 2.24. The number of hydrogen-bond donors (Lipinski definition) is 0. The fourth-order valence-electron chi connectivity index (χ4n) is 3.67. The number of hydrogen-bond acceptors (Lipinski definition) is 0. The van der Waals surface area contributed by atoms with Crippen LogP contribution in [0, 0.1) is 17.5 Å². The Morgan fingerprint density at radius 1 is 0.885 bits per heavy atom. The van der Waals surface area contributed by atoms with E-state index in [1.54, 1.807) is 6.07 Å². The van der Waals surface area contributed by atoms with E-state index in [1.165, 1.54) is 5.56 Å². The molecule has 3 aromatic rings. The first-order valence-corrected chi connectivity index (χ1v) is 8.96. The molecule has 0 fully saturated rings. The van der Waals surface area contributed by atoms with Gasteiger partial charge in [-0.05, 0) is 46.4 Å². The molecule has 0 atom stereocenters. The fourth-order valence-corrected chi connectivity index (χ4v) is 3.78. The Bertz CT molecular complexity index is 1000. The first-order chi connectivity index (χ1) is 12.5. The highest BCUT2D eigenvalue weighted by atomic mass is 35.5. The lowest BCUT2D eigenvalue weighted by Crippen LogP contribution is -1.94. The molecule has 3 aromatic carbocycles. The van der Waals surface area contributed by atoms with Crippen LogP contribution in [0.25, 0.3) is 22.3 Å². The molecule has 132 valence electrons. The van der Waals surface area contributed by atoms with Crippen LogP contribution >= 0.6 is 11.6 Å². The van der Waals surface area contributed by atoms with Gasteiger partial charge in [-0.1, -0.05) is 55.3 Å². The highest BCUT2D eigenvalue weighted by Crippen LogP contribution is 2.41. The molecule has 4 heteroatoms. The van der Waals surface area contributed by atoms with Gasteiger partial charge >= 0.3 is 0 Å². The zero-order valence-corrected chi connectivity index (χ0v) is 14.9. The second-order valence-corrected chi connectivity index (χ2v) is 7.00. The van der Waals surface area contributed by atoms with Crippen LogP contribution < -0.4 is 0 Å². The maximum atomic E-state index is 15.2. The van der Waals surface area contributed by atoms with Gasteiger partial charge in [-0.25, -0.2) is 13.2 Å². The molecule has 0 bridgehead atoms. The Morgan fingerprint density at radius 2 is 1.54 bits per heavy atom. The second-order valence-electron chi connectivity index (χ2n) is 6.63. The van der Waals surface area contributed by atoms with E-state index < -0.39 is 22.5 Å². The molecular formula is C22H16ClF3. The first kappa shape index (κ1) is 17.2. The molecule has 0 aromatic heterocycles. The van der Waals surface area contributed by atoms with Gasteiger partial charge in [-0.15, -0.1) is 0 Å². The molecule has 0 N–H and O–H groups in total. The number of aryl methyl sites for hydroxylation is 1. The van der Waals surface area contributed by atoms with Gasteiger partial charge in [0, 0.05) is 17.5 Å². The molecule has 0 unspecified atom stereocenters. The quantitative estimate of drug-likeness (QED) is 0.341. The van der Waals surface area contributed by atoms with Gasteiger partial charge in [0.1, 0.15) is 22.5 Å². The zero-order valence-electron chi connectivity index (χ0n) is 14.2. The van der Waals surface area contributed by atoms with Crippen LogP contribution in [-0.2, 0) is 12.8 Å². The fraction of sp³-hybridized carbons (Fsp3) is 0.182. The molecule has 0 spiro atoms. The van der Waals surface area contributed by atoms with E-state index in [1.807, 2.05) is 12.1 Å². The topological polar surface area (TPSA) is 0 Å². The van der Waals surface area contributed by atoms with E-state index in [0.717, 1.165) is 41.7 Å². The summed E-state index contributed by atoms with van der Waals surface area (Å²) < 4.78 is 42.7. The molecular weight excluding hydrogens is 357 g/mol. The van der Waals surface area contributed by atoms with Crippen LogP contribution in [0.2, 0.25) is 5.02 Å². The van der Waals surface area contributed by atoms with Crippen molar-refractivity contribution in [3.63, 3.8) is 0 Å². The summed E-state index contributed by atoms with van der Waals surface area (Å²) >= 11 is 5.53. The normalized spacial score (nSPS) is 12.2. The van der Waals surface area contributed by atoms with Crippen LogP contribution in [0.4, 0.5) is 13.2 Å². The van der Waals surface area contributed by atoms with Crippen LogP contribution in [0.1, 0.15) is 30.0 Å². The van der Waals surface area contributed by atoms with Crippen molar-refractivity contribution >= 4 is 11.6 Å². The summed E-state index contributed by atoms with van der Waals surface area (Å²) in [5.74, 6) is -2.22. The standard InChI is InChI=1S/C22H16ClF3/c1-2-3-12-4-5-15-13(8-12)9-18-17(15)7-6-16(22(18)26)14-10-19(24)21(23)20(25)11-14/h4-8,10-11H,2-3,9H2,1H3. The molecule has 26 heavy (non-hydrogen) atoms. The van der Waals surface area contributed by atoms with Crippen molar-refractivity contribution in [3.8, 4) is 22.3 Å². The summed E-state index contributed by atoms with van der Waals surface area (Å²) in [5, 5.41) is -0.578. The third-order valence-corrected chi connectivity index (χ3v) is 5.26. The Labute approximate surface area is 155 Å². The second kappa shape index (κ2) is 6.48. The summed E-state index contributed by atoms with van der Waals surface area (Å²) in [6.07, 6.45) is 2.53. The van der Waals surface area contributed by atoms with E-state index in [9.17, 15) is 8.78 Å². The van der Waals surface area contributed by atoms with Crippen LogP contribution in [0.15, 0.2) is 42.5 Å². The Hall–Kier alpha value is -2.26. The SMILES string of the molecule is CCCc1ccc2c(c1)Cc1c-2ccc(-c2cc(F)c(Cl)c(F)c2)c1F. The molecule has 4 rings (SSSR count). The molecule has 0 heterocycles. The van der Waals surface area contributed by atoms with Crippen molar-refractivity contribution in [1.29, 1.82) is 0 Å². The van der Waals surface area contributed by atoms with Crippen LogP contribution in [0.5, 0.6) is 0 Å². The van der Waals surface area contributed by atoms with Gasteiger partial charge in [0.2, 0.25) is 0 Å². The third-order valence-electron chi connectivity index (χ3n) is 4.90. The van der Waals surface area contributed by atoms with Gasteiger partial charge in [0.05, 0.1) is 0 Å². The monoisotopic (exact) mass is 372 g/mol. The molecule has 1 aliphatic carbocycles. The van der Waals surface area contributed by atoms with Crippen molar-refractivity contribution in [3.05, 3.63) is 81.6 Å². The minimum absolute atomic E-state index is 0.146. The van der Waals surface area contributed by atoms with Crippen LogP contribution in [0.3, 0.4) is 0 Å². The average molecular weight is 373 g/mol. The predicted molar refractivity (Wildman–Crippen MR) is 99.0 cm³/mol. The minimum atomic E-state index is -0.894. The summed E-state index contributed by atoms with van der Waals surface area (Å²) in [6, 6.07) is 11.8. The van der Waals surface area contributed by atoms with Crippen LogP contribution in [-0.4, -0.2) is 0 Å². The van der Waals surface area contributed by atoms with Crippen molar-refractivity contribution in [1.82, 2.24) is 0 Å². The van der Waals surface area contributed by atoms with E-state index in [-0.39, 0.29) is 11.1 Å². The van der Waals surface area contributed by atoms with Gasteiger partial charge in [0.25, 0.3) is 0 Å². The average Bonchev–Trinajstić information content (AvgIpc) is 2.99. The summed E-state index contributed by atoms with van der Waals surface area (Å²) in [7, 11) is 0. The van der Waals surface area contributed by atoms with Gasteiger partial charge in [0.15, 0.2) is 0 Å². The number of halogens is 4. The smallest absolute Gasteiger partial charge is 0.145 e. The highest BCUT2D eigenvalue weighted by molar-refractivity contribution is 6.31. The molecule has 0 nitrogen and oxygen atoms in total. The van der Waals surface area contributed by atoms with Gasteiger partial charge < -0.3 is 0 Å². The molecule has 0 aliphatic heterocycles. The van der Waals surface area contributed by atoms with E-state index in [4.69, 9.17) is 11.6 Å². The maximum Gasteiger partial charge on any atom is 0.145 e. The number of fused-ring (bicyclic) bond motifs is 3. The predicted octanol–water partition coefficient (Wildman–Crippen LogP) is 6.95. The van der Waals surface area contributed by atoms with Crippen molar-refractivity contribution < 1.29 is 13.2 Å². The lowest BCUT2D eigenvalue weighted by molar-refractivity contribution is 0.584. The molecule has 0 amide bonds. The Balaban J connectivity index is 1.80. The Kier molecular flexibility index (Phi) is 4.28. The molecule has 0 radical (unpaired) electrons. The Morgan fingerprint density at radius 3 is 2.23 bits per heavy atom. The first-order valence-electron chi connectivity index (χ1n) is 8.58. The minimum Gasteiger partial charge on any atom is -0.206 e. The third kappa shape index (κ3) is 2.71. The molecule has 1 aliphatic rings. The van der Waals surface area contributed by atoms with Crippen molar-refractivity contribution in [2.24, 2.45) is 0 Å². The summed E-state index contributed by atoms with van der Waals surface area (Å²) in [6.45, 7) is 2.12. The lowest BCUT2D eigenvalue weighted by Gasteiger charge is -2.10.